The molecule has 3 N–H and O–H groups in total. The summed E-state index contributed by atoms with van der Waals surface area (Å²) in [4.78, 5) is 11.0. The second-order valence-electron chi connectivity index (χ2n) is 3.87. The number of ether oxygens (including phenoxy) is 1. The quantitative estimate of drug-likeness (QED) is 0.801. The fourth-order valence-electron chi connectivity index (χ4n) is 1.43. The lowest BCUT2D eigenvalue weighted by atomic mass is 10.1. The van der Waals surface area contributed by atoms with Gasteiger partial charge in [-0.25, -0.2) is 4.39 Å². The average Bonchev–Trinajstić information content (AvgIpc) is 2.27. The minimum atomic E-state index is -0.480. The molecule has 0 saturated carbocycles. The Hall–Kier alpha value is -1.62. The molecule has 1 rings (SSSR count). The molecule has 0 aromatic heterocycles. The van der Waals surface area contributed by atoms with Crippen LogP contribution in [-0.4, -0.2) is 25.6 Å². The number of hydrogen-bond acceptors (Lipinski definition) is 3. The first-order valence-corrected chi connectivity index (χ1v) is 5.41. The second-order valence-corrected chi connectivity index (χ2v) is 3.87. The molecule has 1 unspecified atom stereocenters. The molecule has 0 bridgehead atoms. The summed E-state index contributed by atoms with van der Waals surface area (Å²) in [6.45, 7) is 1.62. The van der Waals surface area contributed by atoms with Gasteiger partial charge >= 0.3 is 0 Å². The zero-order valence-electron chi connectivity index (χ0n) is 10.00. The molecule has 1 atom stereocenters. The Morgan fingerprint density at radius 1 is 1.59 bits per heavy atom. The van der Waals surface area contributed by atoms with Crippen LogP contribution in [0.3, 0.4) is 0 Å². The summed E-state index contributed by atoms with van der Waals surface area (Å²) in [6, 6.07) is 4.54. The van der Waals surface area contributed by atoms with Crippen molar-refractivity contribution in [3.05, 3.63) is 29.6 Å². The van der Waals surface area contributed by atoms with Crippen LogP contribution in [0, 0.1) is 5.82 Å². The highest BCUT2D eigenvalue weighted by atomic mass is 19.1. The summed E-state index contributed by atoms with van der Waals surface area (Å²) in [6.07, 6.45) is 0.501. The molecule has 94 valence electrons. The lowest BCUT2D eigenvalue weighted by Crippen LogP contribution is -2.26. The Kier molecular flexibility index (Phi) is 4.90. The Balaban J connectivity index is 2.83. The van der Waals surface area contributed by atoms with Gasteiger partial charge in [0.25, 0.3) is 5.91 Å². The number of nitrogens with two attached hydrogens (primary N) is 1. The van der Waals surface area contributed by atoms with Gasteiger partial charge in [0, 0.05) is 13.1 Å². The van der Waals surface area contributed by atoms with Gasteiger partial charge in [-0.2, -0.15) is 0 Å². The molecule has 1 amide bonds. The van der Waals surface area contributed by atoms with Crippen molar-refractivity contribution < 1.29 is 13.9 Å². The number of halogens is 1. The van der Waals surface area contributed by atoms with E-state index in [2.05, 4.69) is 5.32 Å². The number of hydrogen-bond donors (Lipinski definition) is 2. The lowest BCUT2D eigenvalue weighted by Gasteiger charge is -2.13. The van der Waals surface area contributed by atoms with Gasteiger partial charge in [-0.15, -0.1) is 0 Å². The average molecular weight is 240 g/mol. The predicted molar refractivity (Wildman–Crippen MR) is 63.3 cm³/mol. The van der Waals surface area contributed by atoms with E-state index in [1.807, 2.05) is 6.92 Å². The van der Waals surface area contributed by atoms with E-state index in [9.17, 15) is 9.18 Å². The molecule has 1 aromatic rings. The fraction of sp³-hybridized carbons (Fsp3) is 0.417. The highest BCUT2D eigenvalue weighted by Crippen LogP contribution is 2.23. The highest BCUT2D eigenvalue weighted by molar-refractivity contribution is 5.77. The number of carbonyl (C=O) groups is 1. The van der Waals surface area contributed by atoms with Crippen molar-refractivity contribution in [3.63, 3.8) is 0 Å². The van der Waals surface area contributed by atoms with Gasteiger partial charge in [0.1, 0.15) is 0 Å². The molecule has 0 fully saturated rings. The SMILES string of the molecule is CNC(=O)COc1c(F)cccc1CC(C)N. The van der Waals surface area contributed by atoms with E-state index in [1.165, 1.54) is 13.1 Å². The van der Waals surface area contributed by atoms with E-state index in [0.717, 1.165) is 0 Å². The van der Waals surface area contributed by atoms with Crippen molar-refractivity contribution in [1.29, 1.82) is 0 Å². The van der Waals surface area contributed by atoms with Gasteiger partial charge in [0.2, 0.25) is 0 Å². The second kappa shape index (κ2) is 6.20. The zero-order chi connectivity index (χ0) is 12.8. The van der Waals surface area contributed by atoms with Crippen LogP contribution < -0.4 is 15.8 Å². The highest BCUT2D eigenvalue weighted by Gasteiger charge is 2.12. The molecule has 0 saturated heterocycles. The minimum Gasteiger partial charge on any atom is -0.480 e. The van der Waals surface area contributed by atoms with Gasteiger partial charge in [0.15, 0.2) is 18.2 Å². The fourth-order valence-corrected chi connectivity index (χ4v) is 1.43. The van der Waals surface area contributed by atoms with Crippen LogP contribution in [0.5, 0.6) is 5.75 Å². The van der Waals surface area contributed by atoms with Crippen LogP contribution in [-0.2, 0) is 11.2 Å². The third-order valence-electron chi connectivity index (χ3n) is 2.22. The molecule has 4 nitrogen and oxygen atoms in total. The van der Waals surface area contributed by atoms with Crippen LogP contribution in [0.15, 0.2) is 18.2 Å². The van der Waals surface area contributed by atoms with Crippen molar-refractivity contribution in [1.82, 2.24) is 5.32 Å². The zero-order valence-corrected chi connectivity index (χ0v) is 10.00. The van der Waals surface area contributed by atoms with Gasteiger partial charge in [-0.05, 0) is 25.0 Å². The Labute approximate surface area is 100.0 Å². The van der Waals surface area contributed by atoms with E-state index in [-0.39, 0.29) is 24.3 Å². The van der Waals surface area contributed by atoms with Crippen LogP contribution in [0.2, 0.25) is 0 Å². The molecular formula is C12H17FN2O2. The van der Waals surface area contributed by atoms with Gasteiger partial charge in [-0.3, -0.25) is 4.79 Å². The molecule has 0 aliphatic carbocycles. The Morgan fingerprint density at radius 3 is 2.88 bits per heavy atom. The van der Waals surface area contributed by atoms with Crippen molar-refractivity contribution in [2.75, 3.05) is 13.7 Å². The van der Waals surface area contributed by atoms with Crippen LogP contribution in [0.25, 0.3) is 0 Å². The summed E-state index contributed by atoms with van der Waals surface area (Å²) in [5.74, 6) is -0.680. The van der Waals surface area contributed by atoms with Crippen molar-refractivity contribution in [2.45, 2.75) is 19.4 Å². The monoisotopic (exact) mass is 240 g/mol. The Bertz CT molecular complexity index is 394. The summed E-state index contributed by atoms with van der Waals surface area (Å²) in [7, 11) is 1.50. The molecule has 5 heteroatoms. The van der Waals surface area contributed by atoms with Crippen LogP contribution in [0.4, 0.5) is 4.39 Å². The standard InChI is InChI=1S/C12H17FN2O2/c1-8(14)6-9-4-3-5-10(13)12(9)17-7-11(16)15-2/h3-5,8H,6-7,14H2,1-2H3,(H,15,16). The summed E-state index contributed by atoms with van der Waals surface area (Å²) in [5.41, 5.74) is 6.34. The summed E-state index contributed by atoms with van der Waals surface area (Å²) >= 11 is 0. The summed E-state index contributed by atoms with van der Waals surface area (Å²) < 4.78 is 18.7. The smallest absolute Gasteiger partial charge is 0.257 e. The molecule has 0 radical (unpaired) electrons. The summed E-state index contributed by atoms with van der Waals surface area (Å²) in [5, 5.41) is 2.40. The molecule has 0 spiro atoms. The molecule has 1 aromatic carbocycles. The van der Waals surface area contributed by atoms with Crippen LogP contribution in [0.1, 0.15) is 12.5 Å². The van der Waals surface area contributed by atoms with Gasteiger partial charge < -0.3 is 15.8 Å². The largest absolute Gasteiger partial charge is 0.480 e. The Morgan fingerprint density at radius 2 is 2.29 bits per heavy atom. The van der Waals surface area contributed by atoms with Crippen molar-refractivity contribution in [2.24, 2.45) is 5.73 Å². The van der Waals surface area contributed by atoms with Crippen molar-refractivity contribution in [3.8, 4) is 5.75 Å². The number of likely N-dealkylation sites (N-methyl/N-ethyl adjacent to an activating group) is 1. The van der Waals surface area contributed by atoms with E-state index in [4.69, 9.17) is 10.5 Å². The maximum absolute atomic E-state index is 13.6. The van der Waals surface area contributed by atoms with E-state index in [1.54, 1.807) is 12.1 Å². The van der Waals surface area contributed by atoms with Gasteiger partial charge in [0.05, 0.1) is 0 Å². The van der Waals surface area contributed by atoms with Gasteiger partial charge in [-0.1, -0.05) is 12.1 Å². The molecule has 0 aliphatic rings. The van der Waals surface area contributed by atoms with E-state index >= 15 is 0 Å². The molecule has 0 heterocycles. The molecule has 17 heavy (non-hydrogen) atoms. The number of amides is 1. The number of para-hydroxylation sites is 1. The van der Waals surface area contributed by atoms with Crippen LogP contribution >= 0.6 is 0 Å². The number of benzene rings is 1. The third kappa shape index (κ3) is 4.03. The molecule has 0 aliphatic heterocycles. The first-order chi connectivity index (χ1) is 8.04. The molecular weight excluding hydrogens is 223 g/mol. The number of nitrogens with one attached hydrogen (secondary N) is 1. The third-order valence-corrected chi connectivity index (χ3v) is 2.22. The normalized spacial score (nSPS) is 12.0. The maximum Gasteiger partial charge on any atom is 0.257 e. The first kappa shape index (κ1) is 13.4. The van der Waals surface area contributed by atoms with E-state index in [0.29, 0.717) is 12.0 Å². The van der Waals surface area contributed by atoms with Crippen molar-refractivity contribution >= 4 is 5.91 Å². The first-order valence-electron chi connectivity index (χ1n) is 5.41. The minimum absolute atomic E-state index is 0.0980. The maximum atomic E-state index is 13.6. The van der Waals surface area contributed by atoms with E-state index < -0.39 is 5.82 Å². The predicted octanol–water partition coefficient (Wildman–Crippen LogP) is 0.840. The lowest BCUT2D eigenvalue weighted by molar-refractivity contribution is -0.122. The number of rotatable bonds is 5. The topological polar surface area (TPSA) is 64.3 Å². The number of carbonyl (C=O) groups excluding carboxylic acids is 1.